The van der Waals surface area contributed by atoms with Crippen LogP contribution in [0.1, 0.15) is 25.7 Å². The first kappa shape index (κ1) is 5.75. The van der Waals surface area contributed by atoms with Crippen molar-refractivity contribution in [3.63, 3.8) is 0 Å². The van der Waals surface area contributed by atoms with Crippen molar-refractivity contribution in [1.29, 1.82) is 0 Å². The highest BCUT2D eigenvalue weighted by molar-refractivity contribution is 6.18. The largest absolute Gasteiger partial charge is 0.488 e. The van der Waals surface area contributed by atoms with Crippen molar-refractivity contribution in [1.82, 2.24) is 0 Å². The maximum absolute atomic E-state index is 5.16. The molecule has 0 bridgehead atoms. The van der Waals surface area contributed by atoms with E-state index in [0.29, 0.717) is 12.2 Å². The van der Waals surface area contributed by atoms with Gasteiger partial charge in [-0.05, 0) is 25.7 Å². The van der Waals surface area contributed by atoms with Gasteiger partial charge in [-0.15, -0.1) is 0 Å². The fourth-order valence-corrected chi connectivity index (χ4v) is 0.597. The molecule has 0 N–H and O–H groups in total. The third kappa shape index (κ3) is 1.99. The van der Waals surface area contributed by atoms with Crippen LogP contribution in [0.15, 0.2) is 0 Å². The van der Waals surface area contributed by atoms with Crippen molar-refractivity contribution in [2.75, 3.05) is 0 Å². The molecule has 0 amide bonds. The maximum atomic E-state index is 5.16. The monoisotopic (exact) mass is 125 g/mol. The third-order valence-electron chi connectivity index (χ3n) is 1.54. The molecule has 3 heteroatoms. The van der Waals surface area contributed by atoms with Crippen LogP contribution < -0.4 is 0 Å². The van der Waals surface area contributed by atoms with Crippen LogP contribution in [0.4, 0.5) is 0 Å². The molecular formula is C6H10BO2. The third-order valence-corrected chi connectivity index (χ3v) is 1.54. The zero-order valence-electron chi connectivity index (χ0n) is 5.38. The van der Waals surface area contributed by atoms with Crippen LogP contribution in [0.5, 0.6) is 0 Å². The molecule has 1 radical (unpaired) electrons. The van der Waals surface area contributed by atoms with Crippen molar-refractivity contribution in [3.05, 3.63) is 0 Å². The molecule has 0 atom stereocenters. The van der Waals surface area contributed by atoms with E-state index in [9.17, 15) is 0 Å². The number of hydrogen-bond acceptors (Lipinski definition) is 2. The van der Waals surface area contributed by atoms with Crippen LogP contribution >= 0.6 is 0 Å². The lowest BCUT2D eigenvalue weighted by atomic mass is 10.4. The number of rotatable bonds is 4. The van der Waals surface area contributed by atoms with Crippen LogP contribution in [-0.4, -0.2) is 19.9 Å². The van der Waals surface area contributed by atoms with E-state index in [1.54, 1.807) is 0 Å². The number of hydrogen-bond donors (Lipinski definition) is 0. The summed E-state index contributed by atoms with van der Waals surface area (Å²) < 4.78 is 10.3. The second-order valence-corrected chi connectivity index (χ2v) is 2.77. The predicted octanol–water partition coefficient (Wildman–Crippen LogP) is 0.879. The molecule has 2 aliphatic rings. The van der Waals surface area contributed by atoms with E-state index in [0.717, 1.165) is 0 Å². The summed E-state index contributed by atoms with van der Waals surface area (Å²) in [5, 5.41) is 0. The van der Waals surface area contributed by atoms with Crippen LogP contribution in [0.2, 0.25) is 0 Å². The molecule has 2 rings (SSSR count). The second-order valence-electron chi connectivity index (χ2n) is 2.77. The van der Waals surface area contributed by atoms with Gasteiger partial charge in [0.15, 0.2) is 0 Å². The molecular weight excluding hydrogens is 115 g/mol. The quantitative estimate of drug-likeness (QED) is 0.519. The average Bonchev–Trinajstić information content (AvgIpc) is 2.57. The summed E-state index contributed by atoms with van der Waals surface area (Å²) in [6, 6.07) is 0. The molecule has 0 unspecified atom stereocenters. The topological polar surface area (TPSA) is 18.5 Å². The zero-order valence-corrected chi connectivity index (χ0v) is 5.38. The molecule has 0 aromatic heterocycles. The van der Waals surface area contributed by atoms with Crippen molar-refractivity contribution in [2.24, 2.45) is 0 Å². The van der Waals surface area contributed by atoms with Crippen molar-refractivity contribution in [3.8, 4) is 0 Å². The summed E-state index contributed by atoms with van der Waals surface area (Å²) in [7, 11) is 1.52. The molecule has 0 aromatic carbocycles. The van der Waals surface area contributed by atoms with E-state index in [1.807, 2.05) is 0 Å². The van der Waals surface area contributed by atoms with Crippen LogP contribution in [0.25, 0.3) is 0 Å². The molecule has 2 nitrogen and oxygen atoms in total. The van der Waals surface area contributed by atoms with Gasteiger partial charge in [-0.25, -0.2) is 0 Å². The first-order valence-corrected chi connectivity index (χ1v) is 3.58. The van der Waals surface area contributed by atoms with Crippen LogP contribution in [0.3, 0.4) is 0 Å². The highest BCUT2D eigenvalue weighted by Gasteiger charge is 2.26. The maximum Gasteiger partial charge on any atom is 0.488 e. The van der Waals surface area contributed by atoms with Gasteiger partial charge >= 0.3 is 7.69 Å². The Morgan fingerprint density at radius 1 is 0.889 bits per heavy atom. The SMILES string of the molecule is [B](OC1CC1)OC1CC1. The van der Waals surface area contributed by atoms with Gasteiger partial charge in [-0.3, -0.25) is 0 Å². The summed E-state index contributed by atoms with van der Waals surface area (Å²) in [4.78, 5) is 0. The lowest BCUT2D eigenvalue weighted by molar-refractivity contribution is 0.205. The normalized spacial score (nSPS) is 26.2. The average molecular weight is 125 g/mol. The van der Waals surface area contributed by atoms with Gasteiger partial charge in [0.1, 0.15) is 0 Å². The standard InChI is InChI=1S/C6H10BO2/c1-2-5(1)8-7-9-6-3-4-6/h5-6H,1-4H2. The lowest BCUT2D eigenvalue weighted by Gasteiger charge is -1.97. The highest BCUT2D eigenvalue weighted by atomic mass is 16.6. The Morgan fingerprint density at radius 3 is 1.67 bits per heavy atom. The molecule has 0 saturated heterocycles. The fourth-order valence-electron chi connectivity index (χ4n) is 0.597. The highest BCUT2D eigenvalue weighted by Crippen LogP contribution is 2.25. The second kappa shape index (κ2) is 2.31. The summed E-state index contributed by atoms with van der Waals surface area (Å²) in [5.41, 5.74) is 0. The van der Waals surface area contributed by atoms with Crippen molar-refractivity contribution in [2.45, 2.75) is 37.9 Å². The van der Waals surface area contributed by atoms with Gasteiger partial charge < -0.3 is 9.31 Å². The summed E-state index contributed by atoms with van der Waals surface area (Å²) in [6.07, 6.45) is 5.83. The summed E-state index contributed by atoms with van der Waals surface area (Å²) in [6.45, 7) is 0. The van der Waals surface area contributed by atoms with Crippen molar-refractivity contribution >= 4 is 7.69 Å². The minimum atomic E-state index is 0.490. The van der Waals surface area contributed by atoms with Gasteiger partial charge in [0, 0.05) is 12.2 Å². The molecule has 9 heavy (non-hydrogen) atoms. The Balaban J connectivity index is 1.46. The van der Waals surface area contributed by atoms with E-state index < -0.39 is 0 Å². The Morgan fingerprint density at radius 2 is 1.33 bits per heavy atom. The molecule has 2 fully saturated rings. The summed E-state index contributed by atoms with van der Waals surface area (Å²) in [5.74, 6) is 0. The Labute approximate surface area is 55.8 Å². The van der Waals surface area contributed by atoms with Gasteiger partial charge in [0.2, 0.25) is 0 Å². The molecule has 0 aliphatic heterocycles. The Kier molecular flexibility index (Phi) is 1.48. The van der Waals surface area contributed by atoms with Gasteiger partial charge in [-0.2, -0.15) is 0 Å². The van der Waals surface area contributed by atoms with Crippen molar-refractivity contribution < 1.29 is 9.31 Å². The zero-order chi connectivity index (χ0) is 6.10. The minimum Gasteiger partial charge on any atom is -0.410 e. The Hall–Kier alpha value is -0.0151. The van der Waals surface area contributed by atoms with E-state index >= 15 is 0 Å². The lowest BCUT2D eigenvalue weighted by Crippen LogP contribution is -2.06. The Bertz CT molecular complexity index is 87.2. The summed E-state index contributed by atoms with van der Waals surface area (Å²) >= 11 is 0. The minimum absolute atomic E-state index is 0.490. The first-order chi connectivity index (χ1) is 4.45. The molecule has 0 spiro atoms. The van der Waals surface area contributed by atoms with Gasteiger partial charge in [0.05, 0.1) is 0 Å². The van der Waals surface area contributed by atoms with E-state index in [-0.39, 0.29) is 0 Å². The molecule has 2 saturated carbocycles. The van der Waals surface area contributed by atoms with Gasteiger partial charge in [-0.1, -0.05) is 0 Å². The predicted molar refractivity (Wildman–Crippen MR) is 34.0 cm³/mol. The smallest absolute Gasteiger partial charge is 0.410 e. The molecule has 0 heterocycles. The van der Waals surface area contributed by atoms with Gasteiger partial charge in [0.25, 0.3) is 0 Å². The fraction of sp³-hybridized carbons (Fsp3) is 1.00. The molecule has 0 aromatic rings. The van der Waals surface area contributed by atoms with Crippen LogP contribution in [0, 0.1) is 0 Å². The van der Waals surface area contributed by atoms with E-state index in [4.69, 9.17) is 9.31 Å². The molecule has 2 aliphatic carbocycles. The first-order valence-electron chi connectivity index (χ1n) is 3.58. The van der Waals surface area contributed by atoms with E-state index in [2.05, 4.69) is 0 Å². The van der Waals surface area contributed by atoms with E-state index in [1.165, 1.54) is 33.4 Å². The van der Waals surface area contributed by atoms with Crippen LogP contribution in [-0.2, 0) is 9.31 Å². The molecule has 49 valence electrons.